The van der Waals surface area contributed by atoms with Gasteiger partial charge in [0, 0.05) is 33.2 Å². The van der Waals surface area contributed by atoms with E-state index in [1.54, 1.807) is 6.08 Å². The lowest BCUT2D eigenvalue weighted by molar-refractivity contribution is 0.661. The second-order valence-corrected chi connectivity index (χ2v) is 14.5. The molecule has 0 aliphatic heterocycles. The van der Waals surface area contributed by atoms with E-state index in [2.05, 4.69) is 90.9 Å². The van der Waals surface area contributed by atoms with Gasteiger partial charge in [-0.1, -0.05) is 140 Å². The van der Waals surface area contributed by atoms with Crippen LogP contribution in [0.4, 0.5) is 0 Å². The van der Waals surface area contributed by atoms with E-state index in [0.717, 1.165) is 72.3 Å². The van der Waals surface area contributed by atoms with Crippen LogP contribution in [-0.4, -0.2) is 14.5 Å². The van der Waals surface area contributed by atoms with Crippen LogP contribution in [-0.2, 0) is 0 Å². The minimum absolute atomic E-state index is 0.106. The summed E-state index contributed by atoms with van der Waals surface area (Å²) in [5.74, 6) is 0.477. The average molecular weight is 760 g/mol. The lowest BCUT2D eigenvalue weighted by atomic mass is 9.98. The van der Waals surface area contributed by atoms with E-state index < -0.39 is 0 Å². The molecule has 0 spiro atoms. The van der Waals surface area contributed by atoms with Gasteiger partial charge >= 0.3 is 0 Å². The summed E-state index contributed by atoms with van der Waals surface area (Å²) in [6.45, 7) is 5.92. The molecule has 0 fully saturated rings. The van der Waals surface area contributed by atoms with Gasteiger partial charge in [-0.15, -0.1) is 0 Å². The molecule has 0 amide bonds. The van der Waals surface area contributed by atoms with Crippen molar-refractivity contribution in [2.24, 2.45) is 0 Å². The van der Waals surface area contributed by atoms with Gasteiger partial charge in [0.25, 0.3) is 0 Å². The fourth-order valence-electron chi connectivity index (χ4n) is 8.14. The number of allylic oxidation sites excluding steroid dienone is 5. The molecule has 3 heterocycles. The molecule has 59 heavy (non-hydrogen) atoms. The van der Waals surface area contributed by atoms with Gasteiger partial charge in [0.05, 0.1) is 38.8 Å². The molecule has 0 N–H and O–H groups in total. The van der Waals surface area contributed by atoms with Crippen molar-refractivity contribution in [2.45, 2.75) is 6.92 Å². The van der Waals surface area contributed by atoms with E-state index in [9.17, 15) is 4.79 Å². The molecule has 0 saturated carbocycles. The molecule has 10 aromatic rings. The molecule has 0 saturated heterocycles. The monoisotopic (exact) mass is 759 g/mol. The first kappa shape index (κ1) is 35.5. The Bertz CT molecular complexity index is 3300. The molecule has 0 aliphatic carbocycles. The highest BCUT2D eigenvalue weighted by molar-refractivity contribution is 6.12. The minimum atomic E-state index is -0.106. The van der Waals surface area contributed by atoms with Gasteiger partial charge in [0.1, 0.15) is 11.2 Å². The number of benzene rings is 7. The van der Waals surface area contributed by atoms with Gasteiger partial charge < -0.3 is 8.98 Å². The molecule has 0 bridgehead atoms. The van der Waals surface area contributed by atoms with Crippen LogP contribution in [0.1, 0.15) is 12.5 Å². The molecule has 5 heteroatoms. The van der Waals surface area contributed by atoms with Gasteiger partial charge in [0.2, 0.25) is 5.43 Å². The van der Waals surface area contributed by atoms with Gasteiger partial charge in [0.15, 0.2) is 5.82 Å². The topological polar surface area (TPSA) is 60.9 Å². The highest BCUT2D eigenvalue weighted by Crippen LogP contribution is 2.39. The third-order valence-corrected chi connectivity index (χ3v) is 11.0. The van der Waals surface area contributed by atoms with Crippen molar-refractivity contribution >= 4 is 49.3 Å². The summed E-state index contributed by atoms with van der Waals surface area (Å²) in [6, 6.07) is 57.2. The van der Waals surface area contributed by atoms with E-state index in [0.29, 0.717) is 33.3 Å². The molecule has 7 aromatic carbocycles. The number of fused-ring (bicyclic) bond motifs is 5. The van der Waals surface area contributed by atoms with Crippen LogP contribution in [0.15, 0.2) is 210 Å². The molecule has 10 rings (SSSR count). The third-order valence-electron chi connectivity index (χ3n) is 11.0. The Morgan fingerprint density at radius 3 is 1.78 bits per heavy atom. The van der Waals surface area contributed by atoms with Crippen LogP contribution >= 0.6 is 0 Å². The normalized spacial score (nSPS) is 12.0. The molecule has 280 valence electrons. The zero-order chi connectivity index (χ0) is 39.9. The van der Waals surface area contributed by atoms with Crippen molar-refractivity contribution in [1.29, 1.82) is 0 Å². The predicted octanol–water partition coefficient (Wildman–Crippen LogP) is 13.6. The molecule has 0 atom stereocenters. The zero-order valence-corrected chi connectivity index (χ0v) is 32.3. The van der Waals surface area contributed by atoms with Gasteiger partial charge in [-0.3, -0.25) is 4.79 Å². The number of rotatable bonds is 8. The van der Waals surface area contributed by atoms with E-state index in [-0.39, 0.29) is 5.43 Å². The third kappa shape index (κ3) is 6.26. The summed E-state index contributed by atoms with van der Waals surface area (Å²) >= 11 is 0. The van der Waals surface area contributed by atoms with Crippen molar-refractivity contribution in [3.8, 4) is 50.7 Å². The van der Waals surface area contributed by atoms with Crippen LogP contribution in [0, 0.1) is 0 Å². The summed E-state index contributed by atoms with van der Waals surface area (Å²) in [5.41, 5.74) is 12.2. The Morgan fingerprint density at radius 1 is 0.576 bits per heavy atom. The lowest BCUT2D eigenvalue weighted by Crippen LogP contribution is -2.04. The fourth-order valence-corrected chi connectivity index (χ4v) is 8.14. The number of nitrogens with zero attached hydrogens (tertiary/aromatic N) is 3. The van der Waals surface area contributed by atoms with Gasteiger partial charge in [-0.2, -0.15) is 0 Å². The Labute approximate surface area is 341 Å². The molecular formula is C54H37N3O2. The second kappa shape index (κ2) is 14.9. The summed E-state index contributed by atoms with van der Waals surface area (Å²) in [7, 11) is 0. The van der Waals surface area contributed by atoms with Crippen LogP contribution in [0.2, 0.25) is 0 Å². The number of para-hydroxylation sites is 3. The minimum Gasteiger partial charge on any atom is -0.454 e. The van der Waals surface area contributed by atoms with Gasteiger partial charge in [-0.05, 0) is 84.3 Å². The van der Waals surface area contributed by atoms with Crippen molar-refractivity contribution < 1.29 is 4.42 Å². The predicted molar refractivity (Wildman–Crippen MR) is 245 cm³/mol. The van der Waals surface area contributed by atoms with Gasteiger partial charge in [-0.25, -0.2) is 9.97 Å². The first-order valence-electron chi connectivity index (χ1n) is 19.7. The summed E-state index contributed by atoms with van der Waals surface area (Å²) in [6.07, 6.45) is 7.95. The van der Waals surface area contributed by atoms with Crippen LogP contribution in [0.25, 0.3) is 100 Å². The van der Waals surface area contributed by atoms with Crippen LogP contribution in [0.3, 0.4) is 0 Å². The van der Waals surface area contributed by atoms with Crippen LogP contribution < -0.4 is 5.43 Å². The molecular weight excluding hydrogens is 723 g/mol. The van der Waals surface area contributed by atoms with E-state index >= 15 is 0 Å². The van der Waals surface area contributed by atoms with Crippen LogP contribution in [0.5, 0.6) is 0 Å². The SMILES string of the molecule is C=C/C=C\C(=C/C)c1ccc2c(c1)c1cc(-c3cccc4c(=O)c5cccc(-c6nc(-c7ccccc7)cc(-c7ccccc7)n6)c5oc34)ccc1n2-c1ccccc1. The Kier molecular flexibility index (Phi) is 8.96. The van der Waals surface area contributed by atoms with Crippen molar-refractivity contribution in [1.82, 2.24) is 14.5 Å². The quantitative estimate of drug-likeness (QED) is 0.114. The second-order valence-electron chi connectivity index (χ2n) is 14.5. The van der Waals surface area contributed by atoms with E-state index in [1.807, 2.05) is 115 Å². The number of hydrogen-bond donors (Lipinski definition) is 0. The lowest BCUT2D eigenvalue weighted by Gasteiger charge is -2.12. The molecule has 3 aromatic heterocycles. The van der Waals surface area contributed by atoms with Crippen molar-refractivity contribution in [3.63, 3.8) is 0 Å². The Hall–Kier alpha value is -7.89. The summed E-state index contributed by atoms with van der Waals surface area (Å²) in [5, 5.41) is 3.19. The maximum absolute atomic E-state index is 14.5. The first-order chi connectivity index (χ1) is 29.1. The highest BCUT2D eigenvalue weighted by Gasteiger charge is 2.20. The molecule has 5 nitrogen and oxygen atoms in total. The molecule has 0 aliphatic rings. The van der Waals surface area contributed by atoms with Crippen molar-refractivity contribution in [2.75, 3.05) is 0 Å². The highest BCUT2D eigenvalue weighted by atomic mass is 16.3. The smallest absolute Gasteiger partial charge is 0.200 e. The maximum atomic E-state index is 14.5. The van der Waals surface area contributed by atoms with E-state index in [1.165, 1.54) is 0 Å². The largest absolute Gasteiger partial charge is 0.454 e. The summed E-state index contributed by atoms with van der Waals surface area (Å²) in [4.78, 5) is 24.6. The fraction of sp³-hybridized carbons (Fsp3) is 0.0185. The van der Waals surface area contributed by atoms with E-state index in [4.69, 9.17) is 14.4 Å². The molecule has 0 unspecified atom stereocenters. The number of aromatic nitrogens is 3. The maximum Gasteiger partial charge on any atom is 0.200 e. The Morgan fingerprint density at radius 2 is 1.15 bits per heavy atom. The van der Waals surface area contributed by atoms with Crippen molar-refractivity contribution in [3.05, 3.63) is 217 Å². The standard InChI is InChI=1S/C54H37N3O2/c1-3-5-17-35(4-2)38-28-30-49-45(32-38)46-33-39(29-31-50(46)57(49)40-22-13-8-14-23-40)41-24-15-25-42-51(58)43-26-16-27-44(53(43)59-52(41)42)54-55-47(36-18-9-6-10-19-36)34-48(56-54)37-20-11-7-12-21-37/h3-34H,1H2,2H3/b17-5-,35-4+. The molecule has 0 radical (unpaired) electrons. The summed E-state index contributed by atoms with van der Waals surface area (Å²) < 4.78 is 9.27. The zero-order valence-electron chi connectivity index (χ0n) is 32.3. The first-order valence-corrected chi connectivity index (χ1v) is 19.7. The Balaban J connectivity index is 1.20. The number of hydrogen-bond acceptors (Lipinski definition) is 4. The average Bonchev–Trinajstić information content (AvgIpc) is 3.63.